The van der Waals surface area contributed by atoms with Crippen molar-refractivity contribution in [3.05, 3.63) is 29.3 Å². The van der Waals surface area contributed by atoms with Gasteiger partial charge in [-0.3, -0.25) is 0 Å². The first-order valence-corrected chi connectivity index (χ1v) is 5.96. The fourth-order valence-electron chi connectivity index (χ4n) is 2.24. The van der Waals surface area contributed by atoms with Gasteiger partial charge in [-0.25, -0.2) is 0 Å². The molecule has 2 rings (SSSR count). The topological polar surface area (TPSA) is 27.0 Å². The lowest BCUT2D eigenvalue weighted by Gasteiger charge is -2.32. The molecule has 0 spiro atoms. The van der Waals surface area contributed by atoms with Crippen molar-refractivity contribution in [3.8, 4) is 6.07 Å². The summed E-state index contributed by atoms with van der Waals surface area (Å²) >= 11 is 0. The molecule has 2 heteroatoms. The molecule has 0 radical (unpaired) electrons. The predicted molar refractivity (Wildman–Crippen MR) is 66.5 cm³/mol. The number of anilines is 1. The Balaban J connectivity index is 2.16. The van der Waals surface area contributed by atoms with E-state index in [1.807, 2.05) is 13.0 Å². The second kappa shape index (κ2) is 4.57. The molecule has 2 nitrogen and oxygen atoms in total. The SMILES string of the molecule is Cc1cc(N2CCC(C)CC2)ccc1C#N. The van der Waals surface area contributed by atoms with Gasteiger partial charge in [-0.1, -0.05) is 6.92 Å². The van der Waals surface area contributed by atoms with Gasteiger partial charge in [-0.2, -0.15) is 5.26 Å². The lowest BCUT2D eigenvalue weighted by Crippen LogP contribution is -2.32. The average molecular weight is 214 g/mol. The molecule has 0 aliphatic carbocycles. The fraction of sp³-hybridized carbons (Fsp3) is 0.500. The minimum atomic E-state index is 0.786. The smallest absolute Gasteiger partial charge is 0.0994 e. The molecule has 0 bridgehead atoms. The predicted octanol–water partition coefficient (Wildman–Crippen LogP) is 3.10. The first-order valence-electron chi connectivity index (χ1n) is 5.96. The largest absolute Gasteiger partial charge is 0.372 e. The van der Waals surface area contributed by atoms with E-state index in [0.29, 0.717) is 0 Å². The molecule has 84 valence electrons. The summed E-state index contributed by atoms with van der Waals surface area (Å²) in [6.07, 6.45) is 2.55. The minimum absolute atomic E-state index is 0.786. The van der Waals surface area contributed by atoms with Crippen molar-refractivity contribution in [1.29, 1.82) is 5.26 Å². The van der Waals surface area contributed by atoms with Crippen LogP contribution in [-0.4, -0.2) is 13.1 Å². The molecule has 0 amide bonds. The molecule has 1 fully saturated rings. The maximum absolute atomic E-state index is 8.89. The highest BCUT2D eigenvalue weighted by Crippen LogP contribution is 2.24. The van der Waals surface area contributed by atoms with Crippen LogP contribution in [-0.2, 0) is 0 Å². The van der Waals surface area contributed by atoms with Crippen molar-refractivity contribution in [2.45, 2.75) is 26.7 Å². The summed E-state index contributed by atoms with van der Waals surface area (Å²) in [4.78, 5) is 2.42. The lowest BCUT2D eigenvalue weighted by molar-refractivity contribution is 0.438. The van der Waals surface area contributed by atoms with Crippen molar-refractivity contribution in [2.75, 3.05) is 18.0 Å². The van der Waals surface area contributed by atoms with Crippen LogP contribution in [0.5, 0.6) is 0 Å². The molecule has 0 aromatic heterocycles. The molecule has 1 saturated heterocycles. The Labute approximate surface area is 97.5 Å². The van der Waals surface area contributed by atoms with E-state index in [2.05, 4.69) is 30.0 Å². The summed E-state index contributed by atoms with van der Waals surface area (Å²) in [5.41, 5.74) is 3.14. The van der Waals surface area contributed by atoms with Crippen LogP contribution in [0.1, 0.15) is 30.9 Å². The highest BCUT2D eigenvalue weighted by Gasteiger charge is 2.16. The monoisotopic (exact) mass is 214 g/mol. The Bertz CT molecular complexity index is 409. The van der Waals surface area contributed by atoms with Gasteiger partial charge in [-0.05, 0) is 49.4 Å². The van der Waals surface area contributed by atoms with Crippen molar-refractivity contribution in [3.63, 3.8) is 0 Å². The highest BCUT2D eigenvalue weighted by molar-refractivity contribution is 5.53. The Morgan fingerprint density at radius 3 is 2.56 bits per heavy atom. The third kappa shape index (κ3) is 2.19. The molecule has 1 heterocycles. The summed E-state index contributed by atoms with van der Waals surface area (Å²) in [5, 5.41) is 8.89. The van der Waals surface area contributed by atoms with Gasteiger partial charge in [-0.15, -0.1) is 0 Å². The molecule has 0 saturated carbocycles. The molecular formula is C14H18N2. The van der Waals surface area contributed by atoms with Crippen molar-refractivity contribution < 1.29 is 0 Å². The van der Waals surface area contributed by atoms with Crippen LogP contribution in [0, 0.1) is 24.2 Å². The Hall–Kier alpha value is -1.49. The van der Waals surface area contributed by atoms with E-state index >= 15 is 0 Å². The standard InChI is InChI=1S/C14H18N2/c1-11-5-7-16(8-6-11)14-4-3-13(10-15)12(2)9-14/h3-4,9,11H,5-8H2,1-2H3. The number of nitrogens with zero attached hydrogens (tertiary/aromatic N) is 2. The van der Waals surface area contributed by atoms with Crippen LogP contribution < -0.4 is 4.90 Å². The van der Waals surface area contributed by atoms with Crippen molar-refractivity contribution in [2.24, 2.45) is 5.92 Å². The zero-order valence-electron chi connectivity index (χ0n) is 10.0. The second-order valence-corrected chi connectivity index (χ2v) is 4.78. The Morgan fingerprint density at radius 1 is 1.31 bits per heavy atom. The molecule has 1 aromatic rings. The zero-order valence-corrected chi connectivity index (χ0v) is 10.0. The quantitative estimate of drug-likeness (QED) is 0.718. The fourth-order valence-corrected chi connectivity index (χ4v) is 2.24. The van der Waals surface area contributed by atoms with E-state index in [1.54, 1.807) is 0 Å². The minimum Gasteiger partial charge on any atom is -0.372 e. The van der Waals surface area contributed by atoms with Gasteiger partial charge < -0.3 is 4.90 Å². The van der Waals surface area contributed by atoms with E-state index < -0.39 is 0 Å². The van der Waals surface area contributed by atoms with Crippen LogP contribution >= 0.6 is 0 Å². The van der Waals surface area contributed by atoms with E-state index in [1.165, 1.54) is 18.5 Å². The highest BCUT2D eigenvalue weighted by atomic mass is 15.1. The van der Waals surface area contributed by atoms with Crippen LogP contribution in [0.4, 0.5) is 5.69 Å². The van der Waals surface area contributed by atoms with Crippen LogP contribution in [0.2, 0.25) is 0 Å². The van der Waals surface area contributed by atoms with Crippen molar-refractivity contribution in [1.82, 2.24) is 0 Å². The van der Waals surface area contributed by atoms with Gasteiger partial charge in [0.25, 0.3) is 0 Å². The summed E-state index contributed by atoms with van der Waals surface area (Å²) in [6, 6.07) is 8.35. The van der Waals surface area contributed by atoms with E-state index in [-0.39, 0.29) is 0 Å². The number of hydrogen-bond donors (Lipinski definition) is 0. The molecule has 1 aliphatic heterocycles. The number of rotatable bonds is 1. The van der Waals surface area contributed by atoms with E-state index in [0.717, 1.165) is 30.1 Å². The molecule has 0 unspecified atom stereocenters. The van der Waals surface area contributed by atoms with E-state index in [4.69, 9.17) is 5.26 Å². The molecule has 0 N–H and O–H groups in total. The molecule has 1 aliphatic rings. The second-order valence-electron chi connectivity index (χ2n) is 4.78. The summed E-state index contributed by atoms with van der Waals surface area (Å²) in [6.45, 7) is 6.62. The molecule has 16 heavy (non-hydrogen) atoms. The maximum Gasteiger partial charge on any atom is 0.0994 e. The number of hydrogen-bond acceptors (Lipinski definition) is 2. The first-order chi connectivity index (χ1) is 7.70. The van der Waals surface area contributed by atoms with Gasteiger partial charge in [0, 0.05) is 18.8 Å². The summed E-state index contributed by atoms with van der Waals surface area (Å²) in [7, 11) is 0. The summed E-state index contributed by atoms with van der Waals surface area (Å²) in [5.74, 6) is 0.857. The molecule has 0 atom stereocenters. The molecular weight excluding hydrogens is 196 g/mol. The number of piperidine rings is 1. The summed E-state index contributed by atoms with van der Waals surface area (Å²) < 4.78 is 0. The maximum atomic E-state index is 8.89. The van der Waals surface area contributed by atoms with Gasteiger partial charge in [0.1, 0.15) is 0 Å². The van der Waals surface area contributed by atoms with Crippen LogP contribution in [0.3, 0.4) is 0 Å². The van der Waals surface area contributed by atoms with Gasteiger partial charge in [0.15, 0.2) is 0 Å². The van der Waals surface area contributed by atoms with Gasteiger partial charge in [0.2, 0.25) is 0 Å². The Morgan fingerprint density at radius 2 is 2.00 bits per heavy atom. The lowest BCUT2D eigenvalue weighted by atomic mass is 9.98. The average Bonchev–Trinajstić information content (AvgIpc) is 2.30. The number of aryl methyl sites for hydroxylation is 1. The first kappa shape index (κ1) is 11.0. The zero-order chi connectivity index (χ0) is 11.5. The molecule has 1 aromatic carbocycles. The van der Waals surface area contributed by atoms with E-state index in [9.17, 15) is 0 Å². The van der Waals surface area contributed by atoms with Gasteiger partial charge in [0.05, 0.1) is 11.6 Å². The third-order valence-electron chi connectivity index (χ3n) is 3.48. The van der Waals surface area contributed by atoms with Crippen molar-refractivity contribution >= 4 is 5.69 Å². The normalized spacial score (nSPS) is 17.2. The van der Waals surface area contributed by atoms with Crippen LogP contribution in [0.15, 0.2) is 18.2 Å². The number of nitriles is 1. The third-order valence-corrected chi connectivity index (χ3v) is 3.48. The Kier molecular flexibility index (Phi) is 3.14. The number of benzene rings is 1. The van der Waals surface area contributed by atoms with Crippen LogP contribution in [0.25, 0.3) is 0 Å². The van der Waals surface area contributed by atoms with Gasteiger partial charge >= 0.3 is 0 Å².